The van der Waals surface area contributed by atoms with E-state index < -0.39 is 6.10 Å². The van der Waals surface area contributed by atoms with Crippen molar-refractivity contribution in [1.82, 2.24) is 4.98 Å². The summed E-state index contributed by atoms with van der Waals surface area (Å²) in [7, 11) is 0. The average Bonchev–Trinajstić information content (AvgIpc) is 3.16. The minimum atomic E-state index is -0.862. The topological polar surface area (TPSA) is 68.3 Å². The van der Waals surface area contributed by atoms with Gasteiger partial charge in [0.15, 0.2) is 6.10 Å². The molecular formula is C24H22N2O3S. The summed E-state index contributed by atoms with van der Waals surface area (Å²) in [6.07, 6.45) is 0.738. The minimum Gasteiger partial charge on any atom is -0.453 e. The molecule has 0 bridgehead atoms. The Morgan fingerprint density at radius 1 is 1.03 bits per heavy atom. The highest BCUT2D eigenvalue weighted by molar-refractivity contribution is 7.18. The highest BCUT2D eigenvalue weighted by Gasteiger charge is 2.18. The summed E-state index contributed by atoms with van der Waals surface area (Å²) in [5.41, 5.74) is 1.69. The van der Waals surface area contributed by atoms with E-state index in [9.17, 15) is 9.59 Å². The van der Waals surface area contributed by atoms with Crippen LogP contribution in [-0.4, -0.2) is 23.0 Å². The molecule has 0 aliphatic heterocycles. The molecule has 1 amide bonds. The van der Waals surface area contributed by atoms with Crippen LogP contribution in [-0.2, 0) is 20.7 Å². The molecule has 1 heterocycles. The van der Waals surface area contributed by atoms with Gasteiger partial charge in [-0.15, -0.1) is 11.3 Å². The van der Waals surface area contributed by atoms with Crippen LogP contribution >= 0.6 is 11.3 Å². The number of ether oxygens (including phenoxy) is 1. The molecule has 5 nitrogen and oxygen atoms in total. The third-order valence-electron chi connectivity index (χ3n) is 4.83. The molecule has 0 spiro atoms. The summed E-state index contributed by atoms with van der Waals surface area (Å²) in [6.45, 7) is 1.59. The number of carbonyl (C=O) groups is 2. The minimum absolute atomic E-state index is 0.252. The van der Waals surface area contributed by atoms with Gasteiger partial charge < -0.3 is 10.1 Å². The molecule has 0 aliphatic rings. The Hall–Kier alpha value is -3.25. The predicted octanol–water partition coefficient (Wildman–Crippen LogP) is 5.34. The van der Waals surface area contributed by atoms with Gasteiger partial charge in [-0.3, -0.25) is 9.59 Å². The van der Waals surface area contributed by atoms with Crippen molar-refractivity contribution in [2.24, 2.45) is 0 Å². The van der Waals surface area contributed by atoms with Gasteiger partial charge in [0.25, 0.3) is 5.91 Å². The highest BCUT2D eigenvalue weighted by atomic mass is 32.1. The van der Waals surface area contributed by atoms with Crippen LogP contribution in [0.4, 0.5) is 5.69 Å². The molecule has 0 radical (unpaired) electrons. The van der Waals surface area contributed by atoms with Crippen LogP contribution in [0.15, 0.2) is 66.7 Å². The number of anilines is 1. The number of esters is 1. The van der Waals surface area contributed by atoms with E-state index in [0.717, 1.165) is 26.0 Å². The molecule has 0 saturated carbocycles. The SMILES string of the molecule is C[C@@H](OC(=O)CCCc1nc2ccccc2s1)C(=O)Nc1cccc2ccccc12. The lowest BCUT2D eigenvalue weighted by Crippen LogP contribution is -2.30. The Labute approximate surface area is 178 Å². The van der Waals surface area contributed by atoms with E-state index in [1.807, 2.05) is 66.7 Å². The number of hydrogen-bond donors (Lipinski definition) is 1. The largest absolute Gasteiger partial charge is 0.453 e. The molecule has 152 valence electrons. The van der Waals surface area contributed by atoms with Crippen LogP contribution in [0, 0.1) is 0 Å². The first kappa shape index (κ1) is 20.0. The molecule has 0 saturated heterocycles. The second-order valence-electron chi connectivity index (χ2n) is 7.08. The van der Waals surface area contributed by atoms with Crippen LogP contribution in [0.1, 0.15) is 24.8 Å². The zero-order valence-electron chi connectivity index (χ0n) is 16.6. The number of para-hydroxylation sites is 1. The van der Waals surface area contributed by atoms with Gasteiger partial charge in [-0.25, -0.2) is 4.98 Å². The molecule has 0 fully saturated rings. The van der Waals surface area contributed by atoms with Crippen molar-refractivity contribution >= 4 is 49.9 Å². The molecular weight excluding hydrogens is 396 g/mol. The zero-order chi connectivity index (χ0) is 20.9. The number of carbonyl (C=O) groups excluding carboxylic acids is 2. The lowest BCUT2D eigenvalue weighted by molar-refractivity contribution is -0.153. The van der Waals surface area contributed by atoms with Gasteiger partial charge in [0.05, 0.1) is 15.2 Å². The molecule has 3 aromatic carbocycles. The third-order valence-corrected chi connectivity index (χ3v) is 5.93. The van der Waals surface area contributed by atoms with E-state index in [1.165, 1.54) is 0 Å². The molecule has 0 aliphatic carbocycles. The quantitative estimate of drug-likeness (QED) is 0.411. The molecule has 30 heavy (non-hydrogen) atoms. The smallest absolute Gasteiger partial charge is 0.306 e. The number of thiazole rings is 1. The maximum absolute atomic E-state index is 12.5. The zero-order valence-corrected chi connectivity index (χ0v) is 17.4. The first-order valence-corrected chi connectivity index (χ1v) is 10.7. The molecule has 1 N–H and O–H groups in total. The van der Waals surface area contributed by atoms with Crippen LogP contribution < -0.4 is 5.32 Å². The average molecular weight is 419 g/mol. The Morgan fingerprint density at radius 3 is 2.67 bits per heavy atom. The summed E-state index contributed by atoms with van der Waals surface area (Å²) in [5, 5.41) is 5.85. The maximum Gasteiger partial charge on any atom is 0.306 e. The number of nitrogens with zero attached hydrogens (tertiary/aromatic N) is 1. The maximum atomic E-state index is 12.5. The van der Waals surface area contributed by atoms with E-state index in [-0.39, 0.29) is 18.3 Å². The predicted molar refractivity (Wildman–Crippen MR) is 121 cm³/mol. The van der Waals surface area contributed by atoms with Gasteiger partial charge in [0, 0.05) is 17.5 Å². The monoisotopic (exact) mass is 418 g/mol. The fraction of sp³-hybridized carbons (Fsp3) is 0.208. The lowest BCUT2D eigenvalue weighted by Gasteiger charge is -2.14. The number of fused-ring (bicyclic) bond motifs is 2. The van der Waals surface area contributed by atoms with Crippen LogP contribution in [0.2, 0.25) is 0 Å². The van der Waals surface area contributed by atoms with E-state index >= 15 is 0 Å². The van der Waals surface area contributed by atoms with Gasteiger partial charge in [-0.1, -0.05) is 48.5 Å². The fourth-order valence-corrected chi connectivity index (χ4v) is 4.30. The van der Waals surface area contributed by atoms with Crippen molar-refractivity contribution in [2.75, 3.05) is 5.32 Å². The Morgan fingerprint density at radius 2 is 1.80 bits per heavy atom. The van der Waals surface area contributed by atoms with Crippen molar-refractivity contribution in [3.8, 4) is 0 Å². The normalized spacial score (nSPS) is 12.0. The summed E-state index contributed by atoms with van der Waals surface area (Å²) >= 11 is 1.64. The molecule has 4 aromatic rings. The van der Waals surface area contributed by atoms with E-state index in [2.05, 4.69) is 10.3 Å². The molecule has 6 heteroatoms. The van der Waals surface area contributed by atoms with Crippen LogP contribution in [0.25, 0.3) is 21.0 Å². The van der Waals surface area contributed by atoms with Crippen molar-refractivity contribution in [3.63, 3.8) is 0 Å². The number of amides is 1. The second-order valence-corrected chi connectivity index (χ2v) is 8.19. The molecule has 4 rings (SSSR count). The highest BCUT2D eigenvalue weighted by Crippen LogP contribution is 2.24. The summed E-state index contributed by atoms with van der Waals surface area (Å²) in [6, 6.07) is 21.5. The lowest BCUT2D eigenvalue weighted by atomic mass is 10.1. The van der Waals surface area contributed by atoms with E-state index in [0.29, 0.717) is 18.5 Å². The van der Waals surface area contributed by atoms with Crippen LogP contribution in [0.3, 0.4) is 0 Å². The first-order chi connectivity index (χ1) is 14.6. The van der Waals surface area contributed by atoms with Crippen molar-refractivity contribution in [1.29, 1.82) is 0 Å². The number of nitrogens with one attached hydrogen (secondary N) is 1. The van der Waals surface area contributed by atoms with Gasteiger partial charge in [0.2, 0.25) is 0 Å². The summed E-state index contributed by atoms with van der Waals surface area (Å²) in [5.74, 6) is -0.720. The number of rotatable bonds is 7. The standard InChI is InChI=1S/C24H22N2O3S/c1-16(24(28)26-19-12-6-9-17-8-2-3-10-18(17)19)29-23(27)15-7-14-22-25-20-11-4-5-13-21(20)30-22/h2-6,8-13,16H,7,14-15H2,1H3,(H,26,28)/t16-/m1/s1. The van der Waals surface area contributed by atoms with E-state index in [4.69, 9.17) is 4.74 Å². The molecule has 1 atom stereocenters. The van der Waals surface area contributed by atoms with Gasteiger partial charge in [0.1, 0.15) is 0 Å². The Kier molecular flexibility index (Phi) is 6.05. The van der Waals surface area contributed by atoms with Gasteiger partial charge in [-0.2, -0.15) is 0 Å². The Balaban J connectivity index is 1.28. The van der Waals surface area contributed by atoms with Crippen molar-refractivity contribution < 1.29 is 14.3 Å². The number of aromatic nitrogens is 1. The molecule has 1 aromatic heterocycles. The summed E-state index contributed by atoms with van der Waals surface area (Å²) < 4.78 is 6.47. The van der Waals surface area contributed by atoms with Gasteiger partial charge in [-0.05, 0) is 43.4 Å². The fourth-order valence-electron chi connectivity index (χ4n) is 3.29. The van der Waals surface area contributed by atoms with Gasteiger partial charge >= 0.3 is 5.97 Å². The van der Waals surface area contributed by atoms with Crippen molar-refractivity contribution in [2.45, 2.75) is 32.3 Å². The molecule has 0 unspecified atom stereocenters. The Bertz CT molecular complexity index is 1160. The van der Waals surface area contributed by atoms with E-state index in [1.54, 1.807) is 18.3 Å². The van der Waals surface area contributed by atoms with Crippen LogP contribution in [0.5, 0.6) is 0 Å². The first-order valence-electron chi connectivity index (χ1n) is 9.93. The van der Waals surface area contributed by atoms with Crippen molar-refractivity contribution in [3.05, 3.63) is 71.7 Å². The summed E-state index contributed by atoms with van der Waals surface area (Å²) in [4.78, 5) is 29.2. The number of aryl methyl sites for hydroxylation is 1. The number of benzene rings is 3. The second kappa shape index (κ2) is 9.05. The third kappa shape index (κ3) is 4.66. The number of hydrogen-bond acceptors (Lipinski definition) is 5.